The summed E-state index contributed by atoms with van der Waals surface area (Å²) in [7, 11) is 0. The van der Waals surface area contributed by atoms with E-state index in [1.54, 1.807) is 12.1 Å². The highest BCUT2D eigenvalue weighted by Gasteiger charge is 2.50. The molecular weight excluding hydrogens is 965 g/mol. The Balaban J connectivity index is 1.66. The van der Waals surface area contributed by atoms with E-state index in [1.165, 1.54) is 31.9 Å². The Morgan fingerprint density at radius 3 is 1.93 bits per heavy atom. The molecule has 3 aliphatic heterocycles. The van der Waals surface area contributed by atoms with Gasteiger partial charge in [0.05, 0.1) is 30.8 Å². The number of hydrogen-bond acceptors (Lipinski definition) is 15. The average molecular weight is 1050 g/mol. The van der Waals surface area contributed by atoms with Gasteiger partial charge in [0, 0.05) is 38.3 Å². The van der Waals surface area contributed by atoms with Crippen molar-refractivity contribution in [2.24, 2.45) is 23.5 Å². The molecule has 3 heterocycles. The number of unbranched alkanes of at least 4 members (excludes halogenated alkanes) is 7. The molecule has 3 fully saturated rings. The monoisotopic (exact) mass is 1050 g/mol. The summed E-state index contributed by atoms with van der Waals surface area (Å²) in [5.74, 6) is -7.99. The van der Waals surface area contributed by atoms with Crippen LogP contribution < -0.4 is 32.3 Å². The standard InChI is InChI=1S/C51H82N8O15/c1-27(2)28(3)14-12-10-8-6-7-9-11-13-15-40(66)53-35-23-38(64)48(71)57-49(72)43-44(67)29(4)25-59(43)51(74)42(37(63)24-39(52)65)56-45(68)34(21-18-31-16-19-32(61)20-17-31)54-47(70)36-22-33(62)26-58(36)50(73)41(30(5)60)55-46(35)69/h16-17,19-20,27-30,33-38,41-44,48,60-64,67,71H,6-15,18,21-26H2,1-5H3,(H2,52,65)(H,53,66)(H,54,70)(H,55,69)(H,56,68)(H,57,72)/t28?,29-,30+,33-,34+,35+,36?,37-,38-,41-,42+,43-,44-,48-/m1/s1. The molecule has 4 rings (SSSR count). The molecule has 3 saturated heterocycles. The summed E-state index contributed by atoms with van der Waals surface area (Å²) in [4.78, 5) is 113. The molecule has 0 aromatic heterocycles. The summed E-state index contributed by atoms with van der Waals surface area (Å²) < 4.78 is 0. The predicted molar refractivity (Wildman–Crippen MR) is 267 cm³/mol. The number of amides is 8. The van der Waals surface area contributed by atoms with Crippen LogP contribution in [0.5, 0.6) is 5.75 Å². The molecule has 23 nitrogen and oxygen atoms in total. The molecule has 0 aliphatic carbocycles. The number of aryl methyl sites for hydroxylation is 1. The van der Waals surface area contributed by atoms with Gasteiger partial charge in [-0.15, -0.1) is 0 Å². The number of phenols is 1. The smallest absolute Gasteiger partial charge is 0.248 e. The maximum Gasteiger partial charge on any atom is 0.248 e. The minimum atomic E-state index is -2.23. The lowest BCUT2D eigenvalue weighted by Crippen LogP contribution is -2.62. The minimum Gasteiger partial charge on any atom is -0.508 e. The molecule has 0 saturated carbocycles. The zero-order valence-electron chi connectivity index (χ0n) is 43.4. The normalized spacial score (nSPS) is 29.0. The summed E-state index contributed by atoms with van der Waals surface area (Å²) >= 11 is 0. The molecular formula is C51H82N8O15. The lowest BCUT2D eigenvalue weighted by Gasteiger charge is -2.33. The Labute approximate surface area is 432 Å². The van der Waals surface area contributed by atoms with Gasteiger partial charge >= 0.3 is 0 Å². The summed E-state index contributed by atoms with van der Waals surface area (Å²) in [5.41, 5.74) is 5.96. The van der Waals surface area contributed by atoms with Crippen LogP contribution in [0.15, 0.2) is 24.3 Å². The van der Waals surface area contributed by atoms with Gasteiger partial charge in [-0.05, 0) is 55.7 Å². The zero-order valence-corrected chi connectivity index (χ0v) is 43.4. The number of nitrogens with one attached hydrogen (secondary N) is 5. The number of aliphatic hydroxyl groups is 6. The molecule has 2 unspecified atom stereocenters. The molecule has 0 bridgehead atoms. The lowest BCUT2D eigenvalue weighted by molar-refractivity contribution is -0.148. The number of aromatic hydroxyl groups is 1. The lowest BCUT2D eigenvalue weighted by atomic mass is 9.92. The highest BCUT2D eigenvalue weighted by molar-refractivity contribution is 5.98. The van der Waals surface area contributed by atoms with E-state index >= 15 is 0 Å². The molecule has 0 spiro atoms. The summed E-state index contributed by atoms with van der Waals surface area (Å²) in [6, 6.07) is -4.71. The van der Waals surface area contributed by atoms with E-state index in [9.17, 15) is 74.1 Å². The molecule has 416 valence electrons. The summed E-state index contributed by atoms with van der Waals surface area (Å²) in [5, 5.41) is 88.6. The first-order valence-electron chi connectivity index (χ1n) is 26.2. The fourth-order valence-electron chi connectivity index (χ4n) is 9.61. The number of fused-ring (bicyclic) bond motifs is 2. The SMILES string of the molecule is CC(C)C(C)CCCCCCCCCCC(=O)N[C@H]1C[C@@H](O)[C@@H](O)NC(=O)[C@H]2[C@H](O)[C@H](C)CN2C(=O)[C@H]([C@H](O)CC(N)=O)NC(=O)[C@H](CCc2ccc(O)cc2)NC(=O)C2C[C@@H](O)CN2C(=O)[C@@H]([C@H](C)O)NC1=O. The number of aliphatic hydroxyl groups excluding tert-OH is 6. The second-order valence-electron chi connectivity index (χ2n) is 21.0. The van der Waals surface area contributed by atoms with Crippen LogP contribution in [-0.2, 0) is 44.8 Å². The highest BCUT2D eigenvalue weighted by atomic mass is 16.3. The third kappa shape index (κ3) is 17.9. The van der Waals surface area contributed by atoms with Gasteiger partial charge in [-0.3, -0.25) is 38.4 Å². The number of hydrogen-bond donors (Lipinski definition) is 13. The Morgan fingerprint density at radius 1 is 0.730 bits per heavy atom. The van der Waals surface area contributed by atoms with Crippen LogP contribution in [-0.4, -0.2) is 179 Å². The van der Waals surface area contributed by atoms with Gasteiger partial charge < -0.3 is 77.9 Å². The van der Waals surface area contributed by atoms with Crippen molar-refractivity contribution in [1.82, 2.24) is 36.4 Å². The maximum atomic E-state index is 14.5. The fourth-order valence-corrected chi connectivity index (χ4v) is 9.61. The third-order valence-corrected chi connectivity index (χ3v) is 14.6. The van der Waals surface area contributed by atoms with Crippen LogP contribution in [0.3, 0.4) is 0 Å². The van der Waals surface area contributed by atoms with Crippen molar-refractivity contribution in [3.05, 3.63) is 29.8 Å². The van der Waals surface area contributed by atoms with Crippen molar-refractivity contribution in [2.75, 3.05) is 13.1 Å². The molecule has 23 heteroatoms. The number of carbonyl (C=O) groups excluding carboxylic acids is 8. The largest absolute Gasteiger partial charge is 0.508 e. The Morgan fingerprint density at radius 2 is 1.32 bits per heavy atom. The average Bonchev–Trinajstić information content (AvgIpc) is 3.88. The van der Waals surface area contributed by atoms with Crippen molar-refractivity contribution in [1.29, 1.82) is 0 Å². The van der Waals surface area contributed by atoms with Gasteiger partial charge in [0.25, 0.3) is 0 Å². The van der Waals surface area contributed by atoms with Crippen LogP contribution in [0.2, 0.25) is 0 Å². The highest BCUT2D eigenvalue weighted by Crippen LogP contribution is 2.27. The van der Waals surface area contributed by atoms with Gasteiger partial charge in [0.15, 0.2) is 6.23 Å². The Bertz CT molecular complexity index is 2060. The second-order valence-corrected chi connectivity index (χ2v) is 21.0. The van der Waals surface area contributed by atoms with E-state index in [0.717, 1.165) is 48.8 Å². The van der Waals surface area contributed by atoms with E-state index in [1.807, 2.05) is 0 Å². The third-order valence-electron chi connectivity index (χ3n) is 14.6. The first-order chi connectivity index (χ1) is 34.9. The van der Waals surface area contributed by atoms with Gasteiger partial charge in [0.1, 0.15) is 48.1 Å². The van der Waals surface area contributed by atoms with E-state index in [2.05, 4.69) is 47.4 Å². The first kappa shape index (κ1) is 61.1. The van der Waals surface area contributed by atoms with Crippen LogP contribution >= 0.6 is 0 Å². The van der Waals surface area contributed by atoms with Crippen molar-refractivity contribution in [3.8, 4) is 5.75 Å². The van der Waals surface area contributed by atoms with E-state index in [4.69, 9.17) is 5.73 Å². The van der Waals surface area contributed by atoms with Crippen LogP contribution in [0.25, 0.3) is 0 Å². The number of phenolic OH excluding ortho intramolecular Hbond substituents is 1. The molecule has 1 aromatic rings. The molecule has 74 heavy (non-hydrogen) atoms. The minimum absolute atomic E-state index is 0.0441. The number of nitrogens with two attached hydrogens (primary N) is 1. The van der Waals surface area contributed by atoms with Crippen LogP contribution in [0, 0.1) is 17.8 Å². The number of rotatable bonds is 20. The van der Waals surface area contributed by atoms with Gasteiger partial charge in [0.2, 0.25) is 47.3 Å². The second kappa shape index (κ2) is 29.0. The van der Waals surface area contributed by atoms with E-state index in [0.29, 0.717) is 30.2 Å². The number of primary amides is 1. The number of carbonyl (C=O) groups is 8. The van der Waals surface area contributed by atoms with Crippen molar-refractivity contribution < 1.29 is 74.1 Å². The summed E-state index contributed by atoms with van der Waals surface area (Å²) in [6.07, 6.45) is -4.52. The van der Waals surface area contributed by atoms with Crippen molar-refractivity contribution in [2.45, 2.75) is 204 Å². The number of benzene rings is 1. The maximum absolute atomic E-state index is 14.5. The molecule has 0 radical (unpaired) electrons. The van der Waals surface area contributed by atoms with Crippen LogP contribution in [0.1, 0.15) is 130 Å². The summed E-state index contributed by atoms with van der Waals surface area (Å²) in [6.45, 7) is 8.53. The fraction of sp³-hybridized carbons (Fsp3) is 0.725. The van der Waals surface area contributed by atoms with Crippen molar-refractivity contribution >= 4 is 47.3 Å². The van der Waals surface area contributed by atoms with E-state index in [-0.39, 0.29) is 38.0 Å². The predicted octanol–water partition coefficient (Wildman–Crippen LogP) is -1.56. The Hall–Kier alpha value is -5.46. The van der Waals surface area contributed by atoms with Crippen LogP contribution in [0.4, 0.5) is 0 Å². The van der Waals surface area contributed by atoms with Gasteiger partial charge in [-0.25, -0.2) is 0 Å². The molecule has 8 amide bonds. The zero-order chi connectivity index (χ0) is 55.0. The quantitative estimate of drug-likeness (QED) is 0.0658. The number of nitrogens with zero attached hydrogens (tertiary/aromatic N) is 2. The van der Waals surface area contributed by atoms with Gasteiger partial charge in [-0.1, -0.05) is 91.2 Å². The first-order valence-corrected chi connectivity index (χ1v) is 26.2. The molecule has 14 N–H and O–H groups in total. The molecule has 14 atom stereocenters. The van der Waals surface area contributed by atoms with E-state index < -0.39 is 146 Å². The molecule has 1 aromatic carbocycles. The molecule has 3 aliphatic rings. The van der Waals surface area contributed by atoms with Crippen molar-refractivity contribution in [3.63, 3.8) is 0 Å². The van der Waals surface area contributed by atoms with Gasteiger partial charge in [-0.2, -0.15) is 0 Å². The topological polar surface area (TPSA) is 371 Å². The Kier molecular flexibility index (Phi) is 23.9.